The molecule has 1 aliphatic rings. The van der Waals surface area contributed by atoms with Crippen LogP contribution in [-0.4, -0.2) is 39.2 Å². The lowest BCUT2D eigenvalue weighted by atomic mass is 10.1. The van der Waals surface area contributed by atoms with Crippen LogP contribution in [0.4, 0.5) is 0 Å². The van der Waals surface area contributed by atoms with E-state index >= 15 is 0 Å². The fraction of sp³-hybridized carbons (Fsp3) is 0.571. The van der Waals surface area contributed by atoms with Gasteiger partial charge in [0.05, 0.1) is 13.7 Å². The molecule has 1 fully saturated rings. The van der Waals surface area contributed by atoms with Crippen LogP contribution in [0.25, 0.3) is 0 Å². The van der Waals surface area contributed by atoms with Crippen LogP contribution in [0.15, 0.2) is 29.2 Å². The molecule has 1 atom stereocenters. The molecular weight excluding hydrogens is 246 g/mol. The summed E-state index contributed by atoms with van der Waals surface area (Å²) in [6, 6.07) is 8.22. The summed E-state index contributed by atoms with van der Waals surface area (Å²) in [5.41, 5.74) is 0. The minimum Gasteiger partial charge on any atom is -0.497 e. The van der Waals surface area contributed by atoms with Gasteiger partial charge in [0.1, 0.15) is 5.75 Å². The van der Waals surface area contributed by atoms with Gasteiger partial charge in [0.25, 0.3) is 0 Å². The highest BCUT2D eigenvalue weighted by Crippen LogP contribution is 2.20. The third-order valence-electron chi connectivity index (χ3n) is 3.06. The molecule has 0 aliphatic carbocycles. The smallest absolute Gasteiger partial charge is 0.118 e. The van der Waals surface area contributed by atoms with Crippen molar-refractivity contribution in [2.75, 3.05) is 39.2 Å². The van der Waals surface area contributed by atoms with Gasteiger partial charge in [0, 0.05) is 30.3 Å². The number of benzene rings is 1. The van der Waals surface area contributed by atoms with Gasteiger partial charge in [0.2, 0.25) is 0 Å². The molecule has 0 spiro atoms. The molecule has 0 bridgehead atoms. The van der Waals surface area contributed by atoms with Crippen molar-refractivity contribution in [3.05, 3.63) is 24.3 Å². The van der Waals surface area contributed by atoms with Gasteiger partial charge in [-0.1, -0.05) is 0 Å². The highest BCUT2D eigenvalue weighted by molar-refractivity contribution is 7.99. The van der Waals surface area contributed by atoms with Gasteiger partial charge in [-0.15, -0.1) is 11.8 Å². The maximum Gasteiger partial charge on any atom is 0.118 e. The molecule has 1 aromatic rings. The van der Waals surface area contributed by atoms with Gasteiger partial charge in [-0.05, 0) is 36.6 Å². The number of methoxy groups -OCH3 is 1. The molecule has 0 saturated carbocycles. The van der Waals surface area contributed by atoms with E-state index in [1.807, 2.05) is 23.9 Å². The average molecular weight is 267 g/mol. The Morgan fingerprint density at radius 1 is 1.39 bits per heavy atom. The van der Waals surface area contributed by atoms with E-state index in [1.54, 1.807) is 7.11 Å². The van der Waals surface area contributed by atoms with Crippen LogP contribution < -0.4 is 10.1 Å². The van der Waals surface area contributed by atoms with E-state index in [9.17, 15) is 0 Å². The van der Waals surface area contributed by atoms with Crippen molar-refractivity contribution in [1.29, 1.82) is 0 Å². The lowest BCUT2D eigenvalue weighted by Crippen LogP contribution is -2.25. The Morgan fingerprint density at radius 3 is 2.89 bits per heavy atom. The normalized spacial score (nSPS) is 19.1. The first-order valence-corrected chi connectivity index (χ1v) is 7.42. The zero-order chi connectivity index (χ0) is 12.6. The summed E-state index contributed by atoms with van der Waals surface area (Å²) in [7, 11) is 1.69. The van der Waals surface area contributed by atoms with Crippen molar-refractivity contribution >= 4 is 11.8 Å². The fourth-order valence-electron chi connectivity index (χ4n) is 1.96. The molecule has 1 unspecified atom stereocenters. The third kappa shape index (κ3) is 4.52. The summed E-state index contributed by atoms with van der Waals surface area (Å²) in [6.07, 6.45) is 1.21. The summed E-state index contributed by atoms with van der Waals surface area (Å²) in [5.74, 6) is 2.73. The number of thioether (sulfide) groups is 1. The van der Waals surface area contributed by atoms with Crippen LogP contribution in [-0.2, 0) is 4.74 Å². The van der Waals surface area contributed by atoms with Gasteiger partial charge in [-0.2, -0.15) is 0 Å². The predicted octanol–water partition coefficient (Wildman–Crippen LogP) is 2.41. The molecule has 1 saturated heterocycles. The highest BCUT2D eigenvalue weighted by atomic mass is 32.2. The van der Waals surface area contributed by atoms with Crippen LogP contribution in [0.1, 0.15) is 6.42 Å². The van der Waals surface area contributed by atoms with E-state index in [0.717, 1.165) is 43.7 Å². The van der Waals surface area contributed by atoms with Crippen molar-refractivity contribution < 1.29 is 9.47 Å². The Balaban J connectivity index is 1.56. The molecule has 1 N–H and O–H groups in total. The van der Waals surface area contributed by atoms with Crippen LogP contribution in [0.3, 0.4) is 0 Å². The molecule has 4 heteroatoms. The number of ether oxygens (including phenoxy) is 2. The first kappa shape index (κ1) is 13.7. The molecule has 0 aromatic heterocycles. The standard InChI is InChI=1S/C14H21NO2S/c1-16-13-2-4-14(5-3-13)18-9-7-15-10-12-6-8-17-11-12/h2-5,12,15H,6-11H2,1H3. The second-order valence-corrected chi connectivity index (χ2v) is 5.63. The monoisotopic (exact) mass is 267 g/mol. The van der Waals surface area contributed by atoms with Crippen molar-refractivity contribution in [3.63, 3.8) is 0 Å². The Hall–Kier alpha value is -0.710. The number of hydrogen-bond acceptors (Lipinski definition) is 4. The zero-order valence-corrected chi connectivity index (χ0v) is 11.7. The number of nitrogens with one attached hydrogen (secondary N) is 1. The van der Waals surface area contributed by atoms with Gasteiger partial charge >= 0.3 is 0 Å². The Morgan fingerprint density at radius 2 is 2.22 bits per heavy atom. The second kappa shape index (κ2) is 7.67. The predicted molar refractivity (Wildman–Crippen MR) is 75.5 cm³/mol. The van der Waals surface area contributed by atoms with E-state index in [1.165, 1.54) is 11.3 Å². The molecule has 1 aliphatic heterocycles. The first-order valence-electron chi connectivity index (χ1n) is 6.44. The van der Waals surface area contributed by atoms with E-state index in [2.05, 4.69) is 17.4 Å². The van der Waals surface area contributed by atoms with E-state index in [0.29, 0.717) is 0 Å². The largest absolute Gasteiger partial charge is 0.497 e. The minimum atomic E-state index is 0.719. The van der Waals surface area contributed by atoms with Crippen molar-refractivity contribution in [3.8, 4) is 5.75 Å². The zero-order valence-electron chi connectivity index (χ0n) is 10.9. The molecular formula is C14H21NO2S. The molecule has 0 radical (unpaired) electrons. The lowest BCUT2D eigenvalue weighted by molar-refractivity contribution is 0.185. The topological polar surface area (TPSA) is 30.5 Å². The maximum atomic E-state index is 5.35. The lowest BCUT2D eigenvalue weighted by Gasteiger charge is -2.09. The SMILES string of the molecule is COc1ccc(SCCNCC2CCOC2)cc1. The van der Waals surface area contributed by atoms with E-state index < -0.39 is 0 Å². The summed E-state index contributed by atoms with van der Waals surface area (Å²) in [4.78, 5) is 1.29. The van der Waals surface area contributed by atoms with Crippen LogP contribution in [0.2, 0.25) is 0 Å². The van der Waals surface area contributed by atoms with Crippen molar-refractivity contribution in [2.45, 2.75) is 11.3 Å². The number of hydrogen-bond donors (Lipinski definition) is 1. The van der Waals surface area contributed by atoms with Gasteiger partial charge < -0.3 is 14.8 Å². The summed E-state index contributed by atoms with van der Waals surface area (Å²) in [6.45, 7) is 4.00. The van der Waals surface area contributed by atoms with Gasteiger partial charge in [-0.3, -0.25) is 0 Å². The molecule has 100 valence electrons. The molecule has 2 rings (SSSR count). The Kier molecular flexibility index (Phi) is 5.84. The first-order chi connectivity index (χ1) is 8.88. The second-order valence-electron chi connectivity index (χ2n) is 4.46. The van der Waals surface area contributed by atoms with Gasteiger partial charge in [-0.25, -0.2) is 0 Å². The quantitative estimate of drug-likeness (QED) is 0.607. The van der Waals surface area contributed by atoms with Crippen LogP contribution >= 0.6 is 11.8 Å². The Labute approximate surface area is 113 Å². The fourth-order valence-corrected chi connectivity index (χ4v) is 2.77. The molecule has 18 heavy (non-hydrogen) atoms. The summed E-state index contributed by atoms with van der Waals surface area (Å²) in [5, 5.41) is 3.49. The van der Waals surface area contributed by atoms with E-state index in [-0.39, 0.29) is 0 Å². The van der Waals surface area contributed by atoms with E-state index in [4.69, 9.17) is 9.47 Å². The molecule has 1 aromatic carbocycles. The number of rotatable bonds is 7. The molecule has 1 heterocycles. The maximum absolute atomic E-state index is 5.35. The average Bonchev–Trinajstić information content (AvgIpc) is 2.92. The highest BCUT2D eigenvalue weighted by Gasteiger charge is 2.14. The summed E-state index contributed by atoms with van der Waals surface area (Å²) < 4.78 is 10.5. The van der Waals surface area contributed by atoms with Crippen LogP contribution in [0.5, 0.6) is 5.75 Å². The van der Waals surface area contributed by atoms with Crippen molar-refractivity contribution in [1.82, 2.24) is 5.32 Å². The van der Waals surface area contributed by atoms with Crippen LogP contribution in [0, 0.1) is 5.92 Å². The molecule has 0 amide bonds. The summed E-state index contributed by atoms with van der Waals surface area (Å²) >= 11 is 1.87. The minimum absolute atomic E-state index is 0.719. The third-order valence-corrected chi connectivity index (χ3v) is 4.08. The molecule has 3 nitrogen and oxygen atoms in total. The van der Waals surface area contributed by atoms with Gasteiger partial charge in [0.15, 0.2) is 0 Å². The van der Waals surface area contributed by atoms with Crippen molar-refractivity contribution in [2.24, 2.45) is 5.92 Å². The Bertz CT molecular complexity index is 336.